The Hall–Kier alpha value is -1.26. The predicted molar refractivity (Wildman–Crippen MR) is 84.0 cm³/mol. The van der Waals surface area contributed by atoms with E-state index in [-0.39, 0.29) is 17.9 Å². The second-order valence-electron chi connectivity index (χ2n) is 7.37. The molecular weight excluding hydrogens is 266 g/mol. The highest BCUT2D eigenvalue weighted by molar-refractivity contribution is 5.78. The lowest BCUT2D eigenvalue weighted by Gasteiger charge is -2.29. The van der Waals surface area contributed by atoms with E-state index < -0.39 is 5.60 Å². The number of hydrogen-bond acceptors (Lipinski definition) is 3. The monoisotopic (exact) mass is 295 g/mol. The quantitative estimate of drug-likeness (QED) is 0.493. The van der Waals surface area contributed by atoms with Gasteiger partial charge in [0.15, 0.2) is 5.96 Å². The normalized spacial score (nSPS) is 27.3. The molecule has 2 saturated carbocycles. The van der Waals surface area contributed by atoms with Crippen molar-refractivity contribution in [2.45, 2.75) is 77.0 Å². The third-order valence-corrected chi connectivity index (χ3v) is 4.21. The SMILES string of the molecule is CN(C(N)=NC1CCC(C(=O)OC(C)(C)C)CC1)C1CC1. The molecule has 0 aromatic heterocycles. The van der Waals surface area contributed by atoms with E-state index in [4.69, 9.17) is 10.5 Å². The Labute approximate surface area is 127 Å². The molecule has 0 bridgehead atoms. The summed E-state index contributed by atoms with van der Waals surface area (Å²) in [7, 11) is 2.02. The van der Waals surface area contributed by atoms with Crippen LogP contribution in [0.1, 0.15) is 59.3 Å². The largest absolute Gasteiger partial charge is 0.460 e. The molecule has 0 atom stereocenters. The van der Waals surface area contributed by atoms with Gasteiger partial charge in [-0.1, -0.05) is 0 Å². The molecule has 0 unspecified atom stereocenters. The van der Waals surface area contributed by atoms with Crippen molar-refractivity contribution in [2.75, 3.05) is 7.05 Å². The van der Waals surface area contributed by atoms with Gasteiger partial charge in [0.05, 0.1) is 12.0 Å². The van der Waals surface area contributed by atoms with Crippen LogP contribution in [0.5, 0.6) is 0 Å². The molecule has 0 heterocycles. The predicted octanol–water partition coefficient (Wildman–Crippen LogP) is 2.30. The number of carbonyl (C=O) groups is 1. The first-order chi connectivity index (χ1) is 9.76. The lowest BCUT2D eigenvalue weighted by atomic mass is 9.86. The van der Waals surface area contributed by atoms with E-state index in [1.807, 2.05) is 27.8 Å². The zero-order valence-electron chi connectivity index (χ0n) is 13.8. The molecule has 0 spiro atoms. The molecule has 21 heavy (non-hydrogen) atoms. The zero-order valence-corrected chi connectivity index (χ0v) is 13.8. The molecule has 2 rings (SSSR count). The molecule has 2 N–H and O–H groups in total. The van der Waals surface area contributed by atoms with Crippen molar-refractivity contribution in [2.24, 2.45) is 16.6 Å². The molecule has 0 aromatic carbocycles. The molecule has 0 radical (unpaired) electrons. The second-order valence-corrected chi connectivity index (χ2v) is 7.37. The van der Waals surface area contributed by atoms with Gasteiger partial charge in [-0.2, -0.15) is 0 Å². The molecular formula is C16H29N3O2. The fourth-order valence-electron chi connectivity index (χ4n) is 2.75. The van der Waals surface area contributed by atoms with E-state index in [0.29, 0.717) is 12.0 Å². The molecule has 5 heteroatoms. The standard InChI is InChI=1S/C16H29N3O2/c1-16(2,3)21-14(20)11-5-7-12(8-6-11)18-15(17)19(4)13-9-10-13/h11-13H,5-10H2,1-4H3,(H2,17,18). The zero-order chi connectivity index (χ0) is 15.6. The lowest BCUT2D eigenvalue weighted by molar-refractivity contribution is -0.161. The maximum atomic E-state index is 12.1. The van der Waals surface area contributed by atoms with Crippen molar-refractivity contribution in [3.8, 4) is 0 Å². The van der Waals surface area contributed by atoms with Crippen LogP contribution in [-0.4, -0.2) is 41.6 Å². The van der Waals surface area contributed by atoms with Crippen LogP contribution in [0.3, 0.4) is 0 Å². The minimum Gasteiger partial charge on any atom is -0.460 e. The van der Waals surface area contributed by atoms with Crippen LogP contribution in [0, 0.1) is 5.92 Å². The first-order valence-corrected chi connectivity index (χ1v) is 8.05. The minimum atomic E-state index is -0.399. The summed E-state index contributed by atoms with van der Waals surface area (Å²) in [6.07, 6.45) is 5.98. The summed E-state index contributed by atoms with van der Waals surface area (Å²) in [5.74, 6) is 0.615. The Morgan fingerprint density at radius 3 is 2.19 bits per heavy atom. The smallest absolute Gasteiger partial charge is 0.309 e. The number of ether oxygens (including phenoxy) is 1. The number of nitrogens with zero attached hydrogens (tertiary/aromatic N) is 2. The highest BCUT2D eigenvalue weighted by Crippen LogP contribution is 2.29. The Morgan fingerprint density at radius 2 is 1.71 bits per heavy atom. The van der Waals surface area contributed by atoms with E-state index in [1.54, 1.807) is 0 Å². The average molecular weight is 295 g/mol. The van der Waals surface area contributed by atoms with Crippen molar-refractivity contribution < 1.29 is 9.53 Å². The summed E-state index contributed by atoms with van der Waals surface area (Å²) >= 11 is 0. The molecule has 0 amide bonds. The van der Waals surface area contributed by atoms with E-state index in [2.05, 4.69) is 9.89 Å². The van der Waals surface area contributed by atoms with Gasteiger partial charge in [0, 0.05) is 13.1 Å². The number of nitrogens with two attached hydrogens (primary N) is 1. The number of rotatable bonds is 3. The maximum absolute atomic E-state index is 12.1. The summed E-state index contributed by atoms with van der Waals surface area (Å²) in [6.45, 7) is 5.74. The van der Waals surface area contributed by atoms with Crippen molar-refractivity contribution in [3.05, 3.63) is 0 Å². The Morgan fingerprint density at radius 1 is 1.14 bits per heavy atom. The summed E-state index contributed by atoms with van der Waals surface area (Å²) < 4.78 is 5.46. The molecule has 2 aliphatic carbocycles. The van der Waals surface area contributed by atoms with Crippen molar-refractivity contribution in [3.63, 3.8) is 0 Å². The number of aliphatic imine (C=N–C) groups is 1. The van der Waals surface area contributed by atoms with Crippen molar-refractivity contribution in [1.82, 2.24) is 4.90 Å². The van der Waals surface area contributed by atoms with Gasteiger partial charge in [-0.15, -0.1) is 0 Å². The Bertz CT molecular complexity index is 402. The second kappa shape index (κ2) is 6.24. The summed E-state index contributed by atoms with van der Waals surface area (Å²) in [4.78, 5) is 18.8. The fraction of sp³-hybridized carbons (Fsp3) is 0.875. The van der Waals surface area contributed by atoms with Crippen molar-refractivity contribution >= 4 is 11.9 Å². The molecule has 120 valence electrons. The molecule has 0 saturated heterocycles. The molecule has 5 nitrogen and oxygen atoms in total. The third kappa shape index (κ3) is 4.90. The van der Waals surface area contributed by atoms with Crippen LogP contribution in [0.15, 0.2) is 4.99 Å². The molecule has 0 aromatic rings. The number of esters is 1. The van der Waals surface area contributed by atoms with Crippen LogP contribution in [0.4, 0.5) is 0 Å². The van der Waals surface area contributed by atoms with Gasteiger partial charge in [-0.25, -0.2) is 4.99 Å². The first kappa shape index (κ1) is 16.1. The van der Waals surface area contributed by atoms with Gasteiger partial charge in [0.25, 0.3) is 0 Å². The van der Waals surface area contributed by atoms with Gasteiger partial charge in [0.2, 0.25) is 0 Å². The van der Waals surface area contributed by atoms with Gasteiger partial charge in [0.1, 0.15) is 5.60 Å². The lowest BCUT2D eigenvalue weighted by Crippen LogP contribution is -2.37. The van der Waals surface area contributed by atoms with Crippen LogP contribution in [0.25, 0.3) is 0 Å². The van der Waals surface area contributed by atoms with E-state index in [1.165, 1.54) is 12.8 Å². The van der Waals surface area contributed by atoms with Gasteiger partial charge in [-0.3, -0.25) is 4.79 Å². The number of carbonyl (C=O) groups excluding carboxylic acids is 1. The summed E-state index contributed by atoms with van der Waals surface area (Å²) in [5.41, 5.74) is 5.65. The van der Waals surface area contributed by atoms with Crippen LogP contribution < -0.4 is 5.73 Å². The van der Waals surface area contributed by atoms with E-state index >= 15 is 0 Å². The topological polar surface area (TPSA) is 67.9 Å². The summed E-state index contributed by atoms with van der Waals surface area (Å²) in [5, 5.41) is 0. The third-order valence-electron chi connectivity index (χ3n) is 4.21. The minimum absolute atomic E-state index is 0.0260. The van der Waals surface area contributed by atoms with E-state index in [0.717, 1.165) is 25.7 Å². The van der Waals surface area contributed by atoms with Gasteiger partial charge in [-0.05, 0) is 59.3 Å². The first-order valence-electron chi connectivity index (χ1n) is 8.05. The average Bonchev–Trinajstić information content (AvgIpc) is 3.20. The van der Waals surface area contributed by atoms with Crippen LogP contribution in [0.2, 0.25) is 0 Å². The molecule has 2 fully saturated rings. The molecule has 2 aliphatic rings. The Kier molecular flexibility index (Phi) is 4.79. The Balaban J connectivity index is 1.80. The number of hydrogen-bond donors (Lipinski definition) is 1. The van der Waals surface area contributed by atoms with Crippen LogP contribution in [-0.2, 0) is 9.53 Å². The van der Waals surface area contributed by atoms with Crippen molar-refractivity contribution in [1.29, 1.82) is 0 Å². The highest BCUT2D eigenvalue weighted by Gasteiger charge is 2.31. The van der Waals surface area contributed by atoms with Gasteiger partial charge >= 0.3 is 5.97 Å². The summed E-state index contributed by atoms with van der Waals surface area (Å²) in [6, 6.07) is 0.844. The van der Waals surface area contributed by atoms with E-state index in [9.17, 15) is 4.79 Å². The van der Waals surface area contributed by atoms with Crippen LogP contribution >= 0.6 is 0 Å². The molecule has 0 aliphatic heterocycles. The van der Waals surface area contributed by atoms with Gasteiger partial charge < -0.3 is 15.4 Å². The highest BCUT2D eigenvalue weighted by atomic mass is 16.6. The number of guanidine groups is 1. The fourth-order valence-corrected chi connectivity index (χ4v) is 2.75. The maximum Gasteiger partial charge on any atom is 0.309 e.